The lowest BCUT2D eigenvalue weighted by Crippen LogP contribution is -1.98. The minimum atomic E-state index is 0.274. The molecule has 0 radical (unpaired) electrons. The van der Waals surface area contributed by atoms with E-state index in [0.717, 1.165) is 25.5 Å². The van der Waals surface area contributed by atoms with Crippen molar-refractivity contribution in [2.75, 3.05) is 0 Å². The SMILES string of the molecule is CC=CCCC(C=O)CC. The Morgan fingerprint density at radius 1 is 1.50 bits per heavy atom. The maximum Gasteiger partial charge on any atom is 0.123 e. The summed E-state index contributed by atoms with van der Waals surface area (Å²) in [6.07, 6.45) is 8.20. The lowest BCUT2D eigenvalue weighted by Gasteiger charge is -2.02. The van der Waals surface area contributed by atoms with Crippen LogP contribution in [-0.4, -0.2) is 6.29 Å². The predicted octanol–water partition coefficient (Wildman–Crippen LogP) is 2.57. The van der Waals surface area contributed by atoms with Crippen molar-refractivity contribution in [2.24, 2.45) is 5.92 Å². The normalized spacial score (nSPS) is 13.8. The molecule has 0 fully saturated rings. The summed E-state index contributed by atoms with van der Waals surface area (Å²) in [5.74, 6) is 0.274. The molecule has 0 aromatic carbocycles. The van der Waals surface area contributed by atoms with Gasteiger partial charge < -0.3 is 4.79 Å². The molecule has 0 spiro atoms. The van der Waals surface area contributed by atoms with Crippen molar-refractivity contribution in [2.45, 2.75) is 33.1 Å². The van der Waals surface area contributed by atoms with Crippen LogP contribution in [0.25, 0.3) is 0 Å². The van der Waals surface area contributed by atoms with Gasteiger partial charge >= 0.3 is 0 Å². The summed E-state index contributed by atoms with van der Waals surface area (Å²) in [6.45, 7) is 4.05. The van der Waals surface area contributed by atoms with Gasteiger partial charge in [0.25, 0.3) is 0 Å². The molecule has 0 aromatic rings. The third-order valence-corrected chi connectivity index (χ3v) is 1.66. The van der Waals surface area contributed by atoms with Crippen LogP contribution in [0.3, 0.4) is 0 Å². The van der Waals surface area contributed by atoms with E-state index in [9.17, 15) is 4.79 Å². The molecule has 1 unspecified atom stereocenters. The summed E-state index contributed by atoms with van der Waals surface area (Å²) in [6, 6.07) is 0. The van der Waals surface area contributed by atoms with Crippen LogP contribution in [-0.2, 0) is 4.79 Å². The topological polar surface area (TPSA) is 17.1 Å². The van der Waals surface area contributed by atoms with Crippen LogP contribution in [0, 0.1) is 5.92 Å². The Morgan fingerprint density at radius 3 is 2.60 bits per heavy atom. The number of carbonyl (C=O) groups is 1. The van der Waals surface area contributed by atoms with Gasteiger partial charge in [0.2, 0.25) is 0 Å². The van der Waals surface area contributed by atoms with Gasteiger partial charge in [-0.3, -0.25) is 0 Å². The van der Waals surface area contributed by atoms with Crippen LogP contribution in [0.15, 0.2) is 12.2 Å². The van der Waals surface area contributed by atoms with Gasteiger partial charge in [0.05, 0.1) is 0 Å². The van der Waals surface area contributed by atoms with Gasteiger partial charge in [0.1, 0.15) is 6.29 Å². The Kier molecular flexibility index (Phi) is 6.14. The zero-order valence-corrected chi connectivity index (χ0v) is 6.84. The highest BCUT2D eigenvalue weighted by Gasteiger charge is 2.00. The van der Waals surface area contributed by atoms with E-state index in [1.165, 1.54) is 0 Å². The van der Waals surface area contributed by atoms with Gasteiger partial charge in [-0.1, -0.05) is 19.1 Å². The first kappa shape index (κ1) is 9.41. The number of carbonyl (C=O) groups excluding carboxylic acids is 1. The molecular formula is C9H16O. The average Bonchev–Trinajstić information content (AvgIpc) is 1.99. The zero-order chi connectivity index (χ0) is 7.82. The lowest BCUT2D eigenvalue weighted by atomic mass is 10.0. The first-order chi connectivity index (χ1) is 4.85. The molecule has 0 heterocycles. The Balaban J connectivity index is 3.34. The van der Waals surface area contributed by atoms with Crippen molar-refractivity contribution < 1.29 is 4.79 Å². The number of hydrogen-bond acceptors (Lipinski definition) is 1. The van der Waals surface area contributed by atoms with Gasteiger partial charge in [-0.15, -0.1) is 0 Å². The molecule has 58 valence electrons. The first-order valence-corrected chi connectivity index (χ1v) is 3.91. The monoisotopic (exact) mass is 140 g/mol. The van der Waals surface area contributed by atoms with Crippen LogP contribution in [0.2, 0.25) is 0 Å². The van der Waals surface area contributed by atoms with Crippen molar-refractivity contribution >= 4 is 6.29 Å². The van der Waals surface area contributed by atoms with Crippen molar-refractivity contribution in [3.05, 3.63) is 12.2 Å². The second-order valence-corrected chi connectivity index (χ2v) is 2.45. The van der Waals surface area contributed by atoms with Crippen LogP contribution in [0.4, 0.5) is 0 Å². The van der Waals surface area contributed by atoms with E-state index in [4.69, 9.17) is 0 Å². The smallest absolute Gasteiger partial charge is 0.123 e. The third-order valence-electron chi connectivity index (χ3n) is 1.66. The minimum absolute atomic E-state index is 0.274. The van der Waals surface area contributed by atoms with Crippen molar-refractivity contribution in [3.8, 4) is 0 Å². The molecule has 0 aliphatic rings. The molecule has 1 nitrogen and oxygen atoms in total. The fourth-order valence-electron chi connectivity index (χ4n) is 0.845. The highest BCUT2D eigenvalue weighted by Crippen LogP contribution is 2.07. The molecular weight excluding hydrogens is 124 g/mol. The maximum atomic E-state index is 10.3. The van der Waals surface area contributed by atoms with Gasteiger partial charge in [-0.25, -0.2) is 0 Å². The predicted molar refractivity (Wildman–Crippen MR) is 43.9 cm³/mol. The zero-order valence-electron chi connectivity index (χ0n) is 6.84. The van der Waals surface area contributed by atoms with E-state index in [0.29, 0.717) is 0 Å². The van der Waals surface area contributed by atoms with Crippen LogP contribution in [0.5, 0.6) is 0 Å². The van der Waals surface area contributed by atoms with Crippen molar-refractivity contribution in [1.29, 1.82) is 0 Å². The second-order valence-electron chi connectivity index (χ2n) is 2.45. The molecule has 1 atom stereocenters. The quantitative estimate of drug-likeness (QED) is 0.423. The summed E-state index contributed by atoms with van der Waals surface area (Å²) >= 11 is 0. The second kappa shape index (κ2) is 6.53. The summed E-state index contributed by atoms with van der Waals surface area (Å²) in [7, 11) is 0. The molecule has 0 saturated heterocycles. The van der Waals surface area contributed by atoms with Gasteiger partial charge in [0, 0.05) is 5.92 Å². The molecule has 0 aromatic heterocycles. The fraction of sp³-hybridized carbons (Fsp3) is 0.667. The third kappa shape index (κ3) is 4.30. The molecule has 0 N–H and O–H groups in total. The highest BCUT2D eigenvalue weighted by molar-refractivity contribution is 5.53. The van der Waals surface area contributed by atoms with Crippen molar-refractivity contribution in [3.63, 3.8) is 0 Å². The van der Waals surface area contributed by atoms with E-state index >= 15 is 0 Å². The number of rotatable bonds is 5. The Bertz CT molecular complexity index is 105. The molecule has 1 heteroatoms. The van der Waals surface area contributed by atoms with Crippen LogP contribution in [0.1, 0.15) is 33.1 Å². The van der Waals surface area contributed by atoms with Gasteiger partial charge in [0.15, 0.2) is 0 Å². The standard InChI is InChI=1S/C9H16O/c1-3-5-6-7-9(4-2)8-10/h3,5,8-9H,4,6-7H2,1-2H3. The largest absolute Gasteiger partial charge is 0.303 e. The van der Waals surface area contributed by atoms with E-state index in [2.05, 4.69) is 13.0 Å². The Hall–Kier alpha value is -0.590. The molecule has 0 amide bonds. The van der Waals surface area contributed by atoms with Crippen LogP contribution >= 0.6 is 0 Å². The summed E-state index contributed by atoms with van der Waals surface area (Å²) in [4.78, 5) is 10.3. The minimum Gasteiger partial charge on any atom is -0.303 e. The van der Waals surface area contributed by atoms with Crippen LogP contribution < -0.4 is 0 Å². The summed E-state index contributed by atoms with van der Waals surface area (Å²) in [5.41, 5.74) is 0. The number of aldehydes is 1. The van der Waals surface area contributed by atoms with E-state index in [1.807, 2.05) is 13.0 Å². The van der Waals surface area contributed by atoms with Crippen molar-refractivity contribution in [1.82, 2.24) is 0 Å². The highest BCUT2D eigenvalue weighted by atomic mass is 16.1. The molecule has 10 heavy (non-hydrogen) atoms. The molecule has 0 bridgehead atoms. The molecule has 0 saturated carbocycles. The molecule has 0 aliphatic heterocycles. The maximum absolute atomic E-state index is 10.3. The molecule has 0 aliphatic carbocycles. The fourth-order valence-corrected chi connectivity index (χ4v) is 0.845. The average molecular weight is 140 g/mol. The van der Waals surface area contributed by atoms with E-state index in [1.54, 1.807) is 0 Å². The van der Waals surface area contributed by atoms with E-state index in [-0.39, 0.29) is 5.92 Å². The Morgan fingerprint density at radius 2 is 2.20 bits per heavy atom. The Labute approximate surface area is 63.1 Å². The lowest BCUT2D eigenvalue weighted by molar-refractivity contribution is -0.111. The van der Waals surface area contributed by atoms with E-state index < -0.39 is 0 Å². The van der Waals surface area contributed by atoms with Gasteiger partial charge in [-0.2, -0.15) is 0 Å². The number of allylic oxidation sites excluding steroid dienone is 2. The first-order valence-electron chi connectivity index (χ1n) is 3.91. The number of hydrogen-bond donors (Lipinski definition) is 0. The summed E-state index contributed by atoms with van der Waals surface area (Å²) in [5, 5.41) is 0. The molecule has 0 rings (SSSR count). The summed E-state index contributed by atoms with van der Waals surface area (Å²) < 4.78 is 0. The van der Waals surface area contributed by atoms with Gasteiger partial charge in [-0.05, 0) is 26.2 Å².